The molecule has 3 heteroatoms. The average Bonchev–Trinajstić information content (AvgIpc) is 2.46. The second-order valence-electron chi connectivity index (χ2n) is 4.47. The number of para-hydroxylation sites is 1. The Morgan fingerprint density at radius 3 is 2.47 bits per heavy atom. The molecular formula is C16H20N2O. The second-order valence-corrected chi connectivity index (χ2v) is 4.47. The molecule has 0 fully saturated rings. The zero-order valence-corrected chi connectivity index (χ0v) is 11.5. The second kappa shape index (κ2) is 6.14. The predicted molar refractivity (Wildman–Crippen MR) is 81.1 cm³/mol. The molecule has 0 heterocycles. The molecule has 0 bridgehead atoms. The average molecular weight is 256 g/mol. The van der Waals surface area contributed by atoms with Crippen LogP contribution in [0, 0.1) is 0 Å². The van der Waals surface area contributed by atoms with E-state index in [9.17, 15) is 0 Å². The van der Waals surface area contributed by atoms with Gasteiger partial charge in [0.05, 0.1) is 12.3 Å². The molecule has 2 N–H and O–H groups in total. The molecule has 3 nitrogen and oxygen atoms in total. The lowest BCUT2D eigenvalue weighted by atomic mass is 10.2. The molecule has 0 atom stereocenters. The first kappa shape index (κ1) is 13.3. The minimum Gasteiger partial charge on any atom is -0.491 e. The Balaban J connectivity index is 2.25. The summed E-state index contributed by atoms with van der Waals surface area (Å²) in [5.74, 6) is 0.752. The van der Waals surface area contributed by atoms with Crippen LogP contribution in [0.1, 0.15) is 13.3 Å². The molecule has 2 aromatic rings. The van der Waals surface area contributed by atoms with Crippen LogP contribution >= 0.6 is 0 Å². The quantitative estimate of drug-likeness (QED) is 0.826. The van der Waals surface area contributed by atoms with Crippen LogP contribution in [-0.2, 0) is 0 Å². The molecule has 2 aromatic carbocycles. The smallest absolute Gasteiger partial charge is 0.144 e. The van der Waals surface area contributed by atoms with Gasteiger partial charge < -0.3 is 15.4 Å². The van der Waals surface area contributed by atoms with Crippen LogP contribution in [0.15, 0.2) is 48.5 Å². The fourth-order valence-electron chi connectivity index (χ4n) is 1.87. The maximum Gasteiger partial charge on any atom is 0.144 e. The Morgan fingerprint density at radius 2 is 1.79 bits per heavy atom. The standard InChI is InChI=1S/C16H20N2O/c1-3-11-19-16-12-14(9-10-15(16)17)18(2)13-7-5-4-6-8-13/h4-10,12H,3,11,17H2,1-2H3. The molecule has 0 spiro atoms. The van der Waals surface area contributed by atoms with E-state index in [0.29, 0.717) is 12.3 Å². The number of anilines is 3. The summed E-state index contributed by atoms with van der Waals surface area (Å²) < 4.78 is 5.66. The van der Waals surface area contributed by atoms with Crippen LogP contribution in [0.25, 0.3) is 0 Å². The van der Waals surface area contributed by atoms with Crippen molar-refractivity contribution in [3.05, 3.63) is 48.5 Å². The zero-order chi connectivity index (χ0) is 13.7. The van der Waals surface area contributed by atoms with Crippen LogP contribution in [0.4, 0.5) is 17.1 Å². The molecule has 0 amide bonds. The van der Waals surface area contributed by atoms with Gasteiger partial charge >= 0.3 is 0 Å². The maximum absolute atomic E-state index is 5.93. The molecule has 100 valence electrons. The van der Waals surface area contributed by atoms with E-state index in [4.69, 9.17) is 10.5 Å². The first-order valence-corrected chi connectivity index (χ1v) is 6.53. The molecule has 0 aromatic heterocycles. The van der Waals surface area contributed by atoms with Crippen molar-refractivity contribution in [1.29, 1.82) is 0 Å². The Labute approximate surface area is 114 Å². The van der Waals surface area contributed by atoms with E-state index in [1.165, 1.54) is 0 Å². The van der Waals surface area contributed by atoms with Crippen molar-refractivity contribution in [3.63, 3.8) is 0 Å². The van der Waals surface area contributed by atoms with Gasteiger partial charge in [-0.3, -0.25) is 0 Å². The molecule has 0 unspecified atom stereocenters. The van der Waals surface area contributed by atoms with Gasteiger partial charge in [0.1, 0.15) is 5.75 Å². The highest BCUT2D eigenvalue weighted by Crippen LogP contribution is 2.30. The van der Waals surface area contributed by atoms with Crippen molar-refractivity contribution in [3.8, 4) is 5.75 Å². The number of nitrogen functional groups attached to an aromatic ring is 1. The largest absolute Gasteiger partial charge is 0.491 e. The van der Waals surface area contributed by atoms with Gasteiger partial charge in [0, 0.05) is 24.5 Å². The van der Waals surface area contributed by atoms with E-state index in [2.05, 4.69) is 24.0 Å². The van der Waals surface area contributed by atoms with E-state index in [0.717, 1.165) is 23.5 Å². The zero-order valence-electron chi connectivity index (χ0n) is 11.5. The molecule has 0 saturated heterocycles. The lowest BCUT2D eigenvalue weighted by molar-refractivity contribution is 0.319. The number of nitrogens with two attached hydrogens (primary N) is 1. The minimum absolute atomic E-state index is 0.679. The van der Waals surface area contributed by atoms with Crippen LogP contribution in [0.5, 0.6) is 5.75 Å². The lowest BCUT2D eigenvalue weighted by Gasteiger charge is -2.20. The molecule has 19 heavy (non-hydrogen) atoms. The molecule has 2 rings (SSSR count). The van der Waals surface area contributed by atoms with Crippen LogP contribution < -0.4 is 15.4 Å². The van der Waals surface area contributed by atoms with Crippen molar-refractivity contribution in [2.45, 2.75) is 13.3 Å². The summed E-state index contributed by atoms with van der Waals surface area (Å²) in [6.07, 6.45) is 0.970. The first-order chi connectivity index (χ1) is 9.22. The van der Waals surface area contributed by atoms with Crippen LogP contribution in [0.2, 0.25) is 0 Å². The van der Waals surface area contributed by atoms with E-state index in [1.54, 1.807) is 0 Å². The number of benzene rings is 2. The number of hydrogen-bond donors (Lipinski definition) is 1. The summed E-state index contributed by atoms with van der Waals surface area (Å²) in [6.45, 7) is 2.76. The Bertz CT molecular complexity index is 526. The summed E-state index contributed by atoms with van der Waals surface area (Å²) in [7, 11) is 2.03. The van der Waals surface area contributed by atoms with Gasteiger partial charge in [0.25, 0.3) is 0 Å². The van der Waals surface area contributed by atoms with E-state index < -0.39 is 0 Å². The third-order valence-electron chi connectivity index (χ3n) is 2.99. The van der Waals surface area contributed by atoms with Gasteiger partial charge in [-0.05, 0) is 30.7 Å². The highest BCUT2D eigenvalue weighted by molar-refractivity contribution is 5.68. The third-order valence-corrected chi connectivity index (χ3v) is 2.99. The normalized spacial score (nSPS) is 10.2. The lowest BCUT2D eigenvalue weighted by Crippen LogP contribution is -2.10. The van der Waals surface area contributed by atoms with Gasteiger partial charge in [-0.2, -0.15) is 0 Å². The molecule has 0 radical (unpaired) electrons. The number of hydrogen-bond acceptors (Lipinski definition) is 3. The van der Waals surface area contributed by atoms with E-state index in [-0.39, 0.29) is 0 Å². The highest BCUT2D eigenvalue weighted by Gasteiger charge is 2.07. The fraction of sp³-hybridized carbons (Fsp3) is 0.250. The Morgan fingerprint density at radius 1 is 1.05 bits per heavy atom. The van der Waals surface area contributed by atoms with E-state index in [1.807, 2.05) is 43.4 Å². The first-order valence-electron chi connectivity index (χ1n) is 6.53. The Hall–Kier alpha value is -2.16. The van der Waals surface area contributed by atoms with Crippen molar-refractivity contribution in [2.24, 2.45) is 0 Å². The minimum atomic E-state index is 0.679. The predicted octanol–water partition coefficient (Wildman–Crippen LogP) is 3.83. The van der Waals surface area contributed by atoms with Crippen molar-refractivity contribution >= 4 is 17.1 Å². The Kier molecular flexibility index (Phi) is 4.29. The van der Waals surface area contributed by atoms with Gasteiger partial charge in [-0.25, -0.2) is 0 Å². The molecule has 0 aliphatic heterocycles. The SMILES string of the molecule is CCCOc1cc(N(C)c2ccccc2)ccc1N. The number of rotatable bonds is 5. The van der Waals surface area contributed by atoms with Crippen molar-refractivity contribution < 1.29 is 4.74 Å². The van der Waals surface area contributed by atoms with Crippen molar-refractivity contribution in [1.82, 2.24) is 0 Å². The van der Waals surface area contributed by atoms with E-state index >= 15 is 0 Å². The molecular weight excluding hydrogens is 236 g/mol. The van der Waals surface area contributed by atoms with Crippen molar-refractivity contribution in [2.75, 3.05) is 24.3 Å². The van der Waals surface area contributed by atoms with Gasteiger partial charge in [0.15, 0.2) is 0 Å². The fourth-order valence-corrected chi connectivity index (χ4v) is 1.87. The summed E-state index contributed by atoms with van der Waals surface area (Å²) in [5.41, 5.74) is 8.80. The summed E-state index contributed by atoms with van der Waals surface area (Å²) in [6, 6.07) is 16.1. The number of ether oxygens (including phenoxy) is 1. The molecule has 0 saturated carbocycles. The summed E-state index contributed by atoms with van der Waals surface area (Å²) in [4.78, 5) is 2.11. The monoisotopic (exact) mass is 256 g/mol. The van der Waals surface area contributed by atoms with Crippen LogP contribution in [-0.4, -0.2) is 13.7 Å². The maximum atomic E-state index is 5.93. The topological polar surface area (TPSA) is 38.5 Å². The highest BCUT2D eigenvalue weighted by atomic mass is 16.5. The van der Waals surface area contributed by atoms with Crippen LogP contribution in [0.3, 0.4) is 0 Å². The van der Waals surface area contributed by atoms with Gasteiger partial charge in [0.2, 0.25) is 0 Å². The molecule has 0 aliphatic carbocycles. The number of nitrogens with zero attached hydrogens (tertiary/aromatic N) is 1. The van der Waals surface area contributed by atoms with Gasteiger partial charge in [-0.15, -0.1) is 0 Å². The summed E-state index contributed by atoms with van der Waals surface area (Å²) >= 11 is 0. The summed E-state index contributed by atoms with van der Waals surface area (Å²) in [5, 5.41) is 0. The molecule has 0 aliphatic rings. The van der Waals surface area contributed by atoms with Gasteiger partial charge in [-0.1, -0.05) is 25.1 Å². The third kappa shape index (κ3) is 3.19.